The Bertz CT molecular complexity index is 1050. The van der Waals surface area contributed by atoms with Crippen LogP contribution in [0, 0.1) is 0 Å². The summed E-state index contributed by atoms with van der Waals surface area (Å²) >= 11 is 6.37. The van der Waals surface area contributed by atoms with Crippen LogP contribution in [-0.2, 0) is 20.0 Å². The van der Waals surface area contributed by atoms with Gasteiger partial charge in [-0.15, -0.1) is 0 Å². The highest BCUT2D eigenvalue weighted by atomic mass is 35.5. The number of halogens is 1. The van der Waals surface area contributed by atoms with Crippen LogP contribution in [0.2, 0.25) is 5.02 Å². The molecule has 7 heteroatoms. The Morgan fingerprint density at radius 2 is 2.07 bits per heavy atom. The van der Waals surface area contributed by atoms with Gasteiger partial charge in [-0.1, -0.05) is 42.0 Å². The highest BCUT2D eigenvalue weighted by Crippen LogP contribution is 2.40. The van der Waals surface area contributed by atoms with Gasteiger partial charge in [-0.2, -0.15) is 0 Å². The molecule has 3 rings (SSSR count). The number of sulfone groups is 1. The van der Waals surface area contributed by atoms with Crippen LogP contribution in [0.25, 0.3) is 11.3 Å². The van der Waals surface area contributed by atoms with E-state index in [1.807, 2.05) is 24.3 Å². The van der Waals surface area contributed by atoms with Crippen LogP contribution in [0.15, 0.2) is 66.4 Å². The lowest BCUT2D eigenvalue weighted by Gasteiger charge is -2.33. The van der Waals surface area contributed by atoms with Crippen molar-refractivity contribution in [3.05, 3.63) is 77.0 Å². The van der Waals surface area contributed by atoms with Crippen molar-refractivity contribution in [1.82, 2.24) is 4.98 Å². The van der Waals surface area contributed by atoms with Crippen molar-refractivity contribution in [1.29, 1.82) is 0 Å². The fraction of sp³-hybridized carbons (Fsp3) is 0.200. The Labute approximate surface area is 163 Å². The summed E-state index contributed by atoms with van der Waals surface area (Å²) in [5.41, 5.74) is 7.06. The third kappa shape index (κ3) is 4.28. The molecule has 0 bridgehead atoms. The van der Waals surface area contributed by atoms with Gasteiger partial charge in [0.05, 0.1) is 11.4 Å². The van der Waals surface area contributed by atoms with Crippen molar-refractivity contribution < 1.29 is 13.2 Å². The maximum atomic E-state index is 12.2. The van der Waals surface area contributed by atoms with E-state index in [4.69, 9.17) is 17.3 Å². The minimum absolute atomic E-state index is 0.148. The van der Waals surface area contributed by atoms with Crippen LogP contribution in [-0.4, -0.2) is 31.3 Å². The molecule has 0 fully saturated rings. The zero-order valence-electron chi connectivity index (χ0n) is 14.7. The van der Waals surface area contributed by atoms with E-state index in [1.165, 1.54) is 6.26 Å². The summed E-state index contributed by atoms with van der Waals surface area (Å²) in [6, 6.07) is 10.8. The number of carbonyl (C=O) groups excluding carboxylic acids is 1. The first kappa shape index (κ1) is 19.3. The predicted octanol–water partition coefficient (Wildman–Crippen LogP) is 3.06. The molecule has 1 heterocycles. The van der Waals surface area contributed by atoms with Gasteiger partial charge in [0.15, 0.2) is 0 Å². The predicted molar refractivity (Wildman–Crippen MR) is 107 cm³/mol. The Kier molecular flexibility index (Phi) is 5.22. The van der Waals surface area contributed by atoms with E-state index in [0.717, 1.165) is 5.56 Å². The minimum atomic E-state index is -3.35. The molecule has 27 heavy (non-hydrogen) atoms. The van der Waals surface area contributed by atoms with Gasteiger partial charge in [-0.05, 0) is 36.2 Å². The molecular formula is C20H19ClN2O3S. The van der Waals surface area contributed by atoms with Crippen molar-refractivity contribution in [2.24, 2.45) is 5.73 Å². The molecule has 0 saturated heterocycles. The van der Waals surface area contributed by atoms with Gasteiger partial charge < -0.3 is 5.73 Å². The van der Waals surface area contributed by atoms with Crippen molar-refractivity contribution in [2.45, 2.75) is 11.8 Å². The number of carbonyl (C=O) groups is 1. The van der Waals surface area contributed by atoms with Gasteiger partial charge in [0.2, 0.25) is 5.91 Å². The van der Waals surface area contributed by atoms with E-state index in [-0.39, 0.29) is 12.2 Å². The largest absolute Gasteiger partial charge is 0.366 e. The highest BCUT2D eigenvalue weighted by molar-refractivity contribution is 7.90. The summed E-state index contributed by atoms with van der Waals surface area (Å²) in [6.45, 7) is 0. The fourth-order valence-corrected chi connectivity index (χ4v) is 4.89. The maximum absolute atomic E-state index is 12.2. The summed E-state index contributed by atoms with van der Waals surface area (Å²) in [6.07, 6.45) is 8.17. The van der Waals surface area contributed by atoms with E-state index < -0.39 is 21.2 Å². The minimum Gasteiger partial charge on any atom is -0.366 e. The number of allylic oxidation sites excluding steroid dienone is 3. The molecule has 0 spiro atoms. The quantitative estimate of drug-likeness (QED) is 0.832. The Morgan fingerprint density at radius 3 is 2.70 bits per heavy atom. The number of aromatic nitrogens is 1. The lowest BCUT2D eigenvalue weighted by atomic mass is 9.74. The first-order chi connectivity index (χ1) is 12.7. The van der Waals surface area contributed by atoms with Crippen LogP contribution in [0.1, 0.15) is 12.0 Å². The molecular weight excluding hydrogens is 384 g/mol. The van der Waals surface area contributed by atoms with Gasteiger partial charge >= 0.3 is 0 Å². The second-order valence-electron chi connectivity index (χ2n) is 6.73. The third-order valence-electron chi connectivity index (χ3n) is 4.54. The van der Waals surface area contributed by atoms with Gasteiger partial charge in [-0.3, -0.25) is 9.78 Å². The zero-order chi connectivity index (χ0) is 19.7. The summed E-state index contributed by atoms with van der Waals surface area (Å²) in [5.74, 6) is -0.708. The molecule has 1 atom stereocenters. The number of hydrogen-bond donors (Lipinski definition) is 1. The smallest absolute Gasteiger partial charge is 0.244 e. The molecule has 2 aromatic rings. The Morgan fingerprint density at radius 1 is 1.30 bits per heavy atom. The molecule has 2 N–H and O–H groups in total. The van der Waals surface area contributed by atoms with E-state index in [1.54, 1.807) is 36.5 Å². The lowest BCUT2D eigenvalue weighted by molar-refractivity contribution is -0.114. The van der Waals surface area contributed by atoms with Crippen LogP contribution >= 0.6 is 11.6 Å². The van der Waals surface area contributed by atoms with Crippen molar-refractivity contribution in [2.75, 3.05) is 12.0 Å². The monoisotopic (exact) mass is 402 g/mol. The van der Waals surface area contributed by atoms with Crippen LogP contribution in [0.5, 0.6) is 0 Å². The topological polar surface area (TPSA) is 90.1 Å². The van der Waals surface area contributed by atoms with Crippen LogP contribution in [0.3, 0.4) is 0 Å². The average Bonchev–Trinajstić information content (AvgIpc) is 2.61. The van der Waals surface area contributed by atoms with Crippen molar-refractivity contribution in [3.8, 4) is 11.3 Å². The summed E-state index contributed by atoms with van der Waals surface area (Å²) in [7, 11) is -3.35. The first-order valence-electron chi connectivity index (χ1n) is 8.28. The number of nitrogens with zero attached hydrogens (tertiary/aromatic N) is 1. The normalized spacial score (nSPS) is 19.6. The fourth-order valence-electron chi connectivity index (χ4n) is 3.38. The van der Waals surface area contributed by atoms with Crippen LogP contribution < -0.4 is 5.73 Å². The van der Waals surface area contributed by atoms with Gasteiger partial charge in [0.1, 0.15) is 9.84 Å². The number of nitrogens with two attached hydrogens (primary N) is 1. The molecule has 1 aliphatic carbocycles. The number of primary amides is 1. The van der Waals surface area contributed by atoms with E-state index in [2.05, 4.69) is 4.98 Å². The summed E-state index contributed by atoms with van der Waals surface area (Å²) in [5, 5.41) is 0.511. The van der Waals surface area contributed by atoms with Gasteiger partial charge in [0, 0.05) is 34.0 Å². The molecule has 1 aromatic heterocycles. The molecule has 0 saturated carbocycles. The van der Waals surface area contributed by atoms with Crippen LogP contribution in [0.4, 0.5) is 0 Å². The maximum Gasteiger partial charge on any atom is 0.244 e. The van der Waals surface area contributed by atoms with Gasteiger partial charge in [-0.25, -0.2) is 8.42 Å². The number of amides is 1. The Balaban J connectivity index is 2.16. The molecule has 1 amide bonds. The number of benzene rings is 1. The zero-order valence-corrected chi connectivity index (χ0v) is 16.3. The lowest BCUT2D eigenvalue weighted by Crippen LogP contribution is -2.36. The molecule has 5 nitrogen and oxygen atoms in total. The second kappa shape index (κ2) is 7.29. The molecule has 0 aliphatic heterocycles. The molecule has 1 aromatic carbocycles. The summed E-state index contributed by atoms with van der Waals surface area (Å²) < 4.78 is 24.3. The van der Waals surface area contributed by atoms with E-state index in [0.29, 0.717) is 21.9 Å². The molecule has 0 radical (unpaired) electrons. The molecule has 1 unspecified atom stereocenters. The third-order valence-corrected chi connectivity index (χ3v) is 5.91. The number of pyridine rings is 1. The second-order valence-corrected chi connectivity index (χ2v) is 9.28. The standard InChI is InChI=1S/C20H19ClN2O3S/c1-27(25,26)13-20(9-4-5-14(12-20)19(22)24)15-7-8-17(21)16(11-15)18-6-2-3-10-23-18/h2-11H,12-13H2,1H3,(H2,22,24). The van der Waals surface area contributed by atoms with E-state index in [9.17, 15) is 13.2 Å². The van der Waals surface area contributed by atoms with Crippen molar-refractivity contribution >= 4 is 27.3 Å². The first-order valence-corrected chi connectivity index (χ1v) is 10.7. The number of hydrogen-bond acceptors (Lipinski definition) is 4. The highest BCUT2D eigenvalue weighted by Gasteiger charge is 2.37. The average molecular weight is 403 g/mol. The SMILES string of the molecule is CS(=O)(=O)CC1(c2ccc(Cl)c(-c3ccccn3)c2)C=CC=C(C(N)=O)C1. The van der Waals surface area contributed by atoms with Crippen molar-refractivity contribution in [3.63, 3.8) is 0 Å². The Hall–Kier alpha value is -2.44. The molecule has 140 valence electrons. The van der Waals surface area contributed by atoms with Gasteiger partial charge in [0.25, 0.3) is 0 Å². The molecule has 1 aliphatic rings. The number of rotatable bonds is 5. The van der Waals surface area contributed by atoms with E-state index >= 15 is 0 Å². The summed E-state index contributed by atoms with van der Waals surface area (Å²) in [4.78, 5) is 16.1.